The van der Waals surface area contributed by atoms with E-state index in [4.69, 9.17) is 0 Å². The minimum atomic E-state index is -4.61. The molecule has 0 aliphatic rings. The standard InChI is InChI=1S/C8H5F4I/c1-4-6(13)3-2-5(7(4)9)8(10,11)12/h2-3H,1H3. The van der Waals surface area contributed by atoms with Crippen LogP contribution in [0.25, 0.3) is 0 Å². The van der Waals surface area contributed by atoms with Crippen LogP contribution in [0.3, 0.4) is 0 Å². The number of hydrogen-bond acceptors (Lipinski definition) is 0. The predicted octanol–water partition coefficient (Wildman–Crippen LogP) is 3.76. The molecule has 1 rings (SSSR count). The first-order valence-corrected chi connectivity index (χ1v) is 4.43. The third-order valence-corrected chi connectivity index (χ3v) is 2.79. The SMILES string of the molecule is Cc1c(I)ccc(C(F)(F)F)c1F. The van der Waals surface area contributed by atoms with Crippen molar-refractivity contribution in [1.29, 1.82) is 0 Å². The molecule has 0 heterocycles. The van der Waals surface area contributed by atoms with E-state index in [0.29, 0.717) is 3.57 Å². The van der Waals surface area contributed by atoms with Gasteiger partial charge in [-0.1, -0.05) is 0 Å². The Bertz CT molecular complexity index is 330. The highest BCUT2D eigenvalue weighted by molar-refractivity contribution is 14.1. The topological polar surface area (TPSA) is 0 Å². The Kier molecular flexibility index (Phi) is 2.84. The molecule has 1 aromatic rings. The van der Waals surface area contributed by atoms with Gasteiger partial charge in [0.25, 0.3) is 0 Å². The van der Waals surface area contributed by atoms with Gasteiger partial charge in [-0.25, -0.2) is 4.39 Å². The monoisotopic (exact) mass is 304 g/mol. The summed E-state index contributed by atoms with van der Waals surface area (Å²) in [7, 11) is 0. The second kappa shape index (κ2) is 3.43. The summed E-state index contributed by atoms with van der Waals surface area (Å²) >= 11 is 1.79. The Morgan fingerprint density at radius 1 is 1.23 bits per heavy atom. The highest BCUT2D eigenvalue weighted by Crippen LogP contribution is 2.33. The molecule has 13 heavy (non-hydrogen) atoms. The average molecular weight is 304 g/mol. The smallest absolute Gasteiger partial charge is 0.206 e. The van der Waals surface area contributed by atoms with Crippen LogP contribution in [0.15, 0.2) is 12.1 Å². The molecule has 0 bridgehead atoms. The van der Waals surface area contributed by atoms with Gasteiger partial charge in [-0.2, -0.15) is 13.2 Å². The van der Waals surface area contributed by atoms with E-state index in [2.05, 4.69) is 0 Å². The van der Waals surface area contributed by atoms with Gasteiger partial charge < -0.3 is 0 Å². The third kappa shape index (κ3) is 2.12. The van der Waals surface area contributed by atoms with Crippen molar-refractivity contribution >= 4 is 22.6 Å². The minimum absolute atomic E-state index is 0.0374. The summed E-state index contributed by atoms with van der Waals surface area (Å²) in [6, 6.07) is 2.01. The summed E-state index contributed by atoms with van der Waals surface area (Å²) in [4.78, 5) is 0. The van der Waals surface area contributed by atoms with Crippen molar-refractivity contribution in [2.45, 2.75) is 13.1 Å². The molecule has 0 radical (unpaired) electrons. The van der Waals surface area contributed by atoms with Gasteiger partial charge in [0.1, 0.15) is 5.82 Å². The summed E-state index contributed by atoms with van der Waals surface area (Å²) in [6.45, 7) is 1.33. The molecule has 0 nitrogen and oxygen atoms in total. The van der Waals surface area contributed by atoms with Crippen molar-refractivity contribution in [3.63, 3.8) is 0 Å². The fourth-order valence-electron chi connectivity index (χ4n) is 0.880. The molecule has 0 saturated carbocycles. The van der Waals surface area contributed by atoms with Crippen molar-refractivity contribution in [3.05, 3.63) is 32.6 Å². The Morgan fingerprint density at radius 2 is 1.77 bits per heavy atom. The lowest BCUT2D eigenvalue weighted by Gasteiger charge is -2.10. The lowest BCUT2D eigenvalue weighted by atomic mass is 10.1. The molecule has 0 unspecified atom stereocenters. The van der Waals surface area contributed by atoms with Gasteiger partial charge in [-0.15, -0.1) is 0 Å². The van der Waals surface area contributed by atoms with E-state index in [1.54, 1.807) is 22.6 Å². The first kappa shape index (κ1) is 10.7. The third-order valence-electron chi connectivity index (χ3n) is 1.63. The van der Waals surface area contributed by atoms with E-state index < -0.39 is 17.6 Å². The largest absolute Gasteiger partial charge is 0.419 e. The summed E-state index contributed by atoms with van der Waals surface area (Å²) in [6.07, 6.45) is -4.61. The molecular formula is C8H5F4I. The number of rotatable bonds is 0. The quantitative estimate of drug-likeness (QED) is 0.506. The Balaban J connectivity index is 3.35. The van der Waals surface area contributed by atoms with Crippen LogP contribution < -0.4 is 0 Å². The van der Waals surface area contributed by atoms with Gasteiger partial charge >= 0.3 is 6.18 Å². The second-order valence-corrected chi connectivity index (χ2v) is 3.69. The molecule has 0 N–H and O–H groups in total. The first-order valence-electron chi connectivity index (χ1n) is 3.36. The van der Waals surface area contributed by atoms with Crippen molar-refractivity contribution in [2.24, 2.45) is 0 Å². The van der Waals surface area contributed by atoms with Gasteiger partial charge in [-0.3, -0.25) is 0 Å². The van der Waals surface area contributed by atoms with Crippen molar-refractivity contribution in [3.8, 4) is 0 Å². The lowest BCUT2D eigenvalue weighted by molar-refractivity contribution is -0.140. The molecule has 0 fully saturated rings. The molecule has 0 spiro atoms. The zero-order chi connectivity index (χ0) is 10.2. The highest BCUT2D eigenvalue weighted by atomic mass is 127. The summed E-state index contributed by atoms with van der Waals surface area (Å²) in [5, 5.41) is 0. The fourth-order valence-corrected chi connectivity index (χ4v) is 1.30. The van der Waals surface area contributed by atoms with E-state index in [0.717, 1.165) is 6.07 Å². The van der Waals surface area contributed by atoms with E-state index in [-0.39, 0.29) is 5.56 Å². The summed E-state index contributed by atoms with van der Waals surface area (Å²) in [5.74, 6) is -1.18. The van der Waals surface area contributed by atoms with Crippen LogP contribution in [0.5, 0.6) is 0 Å². The second-order valence-electron chi connectivity index (χ2n) is 2.53. The Hall–Kier alpha value is -0.330. The molecule has 1 aromatic carbocycles. The number of hydrogen-bond donors (Lipinski definition) is 0. The molecular weight excluding hydrogens is 299 g/mol. The normalized spacial score (nSPS) is 11.8. The molecule has 0 aromatic heterocycles. The van der Waals surface area contributed by atoms with Crippen LogP contribution in [0.2, 0.25) is 0 Å². The maximum absolute atomic E-state index is 13.0. The molecule has 0 amide bonds. The molecule has 72 valence electrons. The molecule has 5 heteroatoms. The Labute approximate surface area is 86.1 Å². The lowest BCUT2D eigenvalue weighted by Crippen LogP contribution is -2.09. The van der Waals surface area contributed by atoms with Crippen LogP contribution in [0, 0.1) is 16.3 Å². The van der Waals surface area contributed by atoms with Crippen molar-refractivity contribution in [2.75, 3.05) is 0 Å². The molecule has 0 aliphatic carbocycles. The summed E-state index contributed by atoms with van der Waals surface area (Å²) in [5.41, 5.74) is -1.17. The highest BCUT2D eigenvalue weighted by Gasteiger charge is 2.34. The van der Waals surface area contributed by atoms with Gasteiger partial charge in [0.2, 0.25) is 0 Å². The van der Waals surface area contributed by atoms with E-state index in [1.165, 1.54) is 13.0 Å². The van der Waals surface area contributed by atoms with Gasteiger partial charge in [0, 0.05) is 3.57 Å². The van der Waals surface area contributed by atoms with Crippen LogP contribution in [-0.2, 0) is 6.18 Å². The van der Waals surface area contributed by atoms with Crippen molar-refractivity contribution < 1.29 is 17.6 Å². The van der Waals surface area contributed by atoms with Crippen LogP contribution in [0.1, 0.15) is 11.1 Å². The van der Waals surface area contributed by atoms with E-state index in [9.17, 15) is 17.6 Å². The van der Waals surface area contributed by atoms with Crippen molar-refractivity contribution in [1.82, 2.24) is 0 Å². The molecule has 0 aliphatic heterocycles. The number of benzene rings is 1. The number of halogens is 5. The summed E-state index contributed by atoms with van der Waals surface area (Å²) < 4.78 is 49.9. The first-order chi connectivity index (χ1) is 5.84. The van der Waals surface area contributed by atoms with E-state index >= 15 is 0 Å². The molecule has 0 saturated heterocycles. The molecule has 0 atom stereocenters. The van der Waals surface area contributed by atoms with E-state index in [1.807, 2.05) is 0 Å². The van der Waals surface area contributed by atoms with Gasteiger partial charge in [-0.05, 0) is 47.2 Å². The van der Waals surface area contributed by atoms with Gasteiger partial charge in [0.15, 0.2) is 0 Å². The minimum Gasteiger partial charge on any atom is -0.206 e. The van der Waals surface area contributed by atoms with Crippen LogP contribution in [-0.4, -0.2) is 0 Å². The Morgan fingerprint density at radius 3 is 2.23 bits per heavy atom. The van der Waals surface area contributed by atoms with Gasteiger partial charge in [0.05, 0.1) is 5.56 Å². The van der Waals surface area contributed by atoms with Crippen LogP contribution in [0.4, 0.5) is 17.6 Å². The zero-order valence-corrected chi connectivity index (χ0v) is 8.70. The predicted molar refractivity (Wildman–Crippen MR) is 48.9 cm³/mol. The maximum atomic E-state index is 13.0. The maximum Gasteiger partial charge on any atom is 0.419 e. The number of alkyl halides is 3. The fraction of sp³-hybridized carbons (Fsp3) is 0.250. The zero-order valence-electron chi connectivity index (χ0n) is 6.54. The average Bonchev–Trinajstić information content (AvgIpc) is 1.98. The van der Waals surface area contributed by atoms with Crippen LogP contribution >= 0.6 is 22.6 Å².